The lowest BCUT2D eigenvalue weighted by Crippen LogP contribution is -2.18. The molecule has 0 bridgehead atoms. The monoisotopic (exact) mass is 325 g/mol. The third-order valence-electron chi connectivity index (χ3n) is 3.07. The predicted octanol–water partition coefficient (Wildman–Crippen LogP) is 3.03. The number of hydrazone groups is 1. The van der Waals surface area contributed by atoms with Crippen LogP contribution >= 0.6 is 0 Å². The number of benzene rings is 2. The second kappa shape index (κ2) is 8.23. The molecule has 0 aliphatic carbocycles. The molecule has 0 aromatic heterocycles. The third-order valence-corrected chi connectivity index (χ3v) is 3.07. The molecule has 122 valence electrons. The van der Waals surface area contributed by atoms with Crippen molar-refractivity contribution in [3.05, 3.63) is 75.8 Å². The highest BCUT2D eigenvalue weighted by atomic mass is 16.6. The maximum Gasteiger partial charge on any atom is 0.275 e. The van der Waals surface area contributed by atoms with Crippen LogP contribution in [0.15, 0.2) is 59.7 Å². The Kier molecular flexibility index (Phi) is 5.79. The summed E-state index contributed by atoms with van der Waals surface area (Å²) in [5.41, 5.74) is 3.59. The minimum Gasteiger partial charge on any atom is -0.496 e. The number of hydrogen-bond acceptors (Lipinski definition) is 5. The molecule has 0 saturated heterocycles. The minimum absolute atomic E-state index is 0.0323. The normalized spacial score (nSPS) is 10.9. The summed E-state index contributed by atoms with van der Waals surface area (Å²) in [4.78, 5) is 22.1. The van der Waals surface area contributed by atoms with Gasteiger partial charge in [-0.25, -0.2) is 5.43 Å². The average Bonchev–Trinajstić information content (AvgIpc) is 2.61. The number of allylic oxidation sites excluding steroid dienone is 1. The molecule has 0 atom stereocenters. The van der Waals surface area contributed by atoms with E-state index in [1.165, 1.54) is 25.5 Å². The number of ether oxygens (including phenoxy) is 1. The number of rotatable bonds is 6. The number of carbonyl (C=O) groups is 1. The molecule has 24 heavy (non-hydrogen) atoms. The fourth-order valence-electron chi connectivity index (χ4n) is 1.89. The van der Waals surface area contributed by atoms with E-state index < -0.39 is 4.92 Å². The first-order valence-corrected chi connectivity index (χ1v) is 6.99. The number of nitro groups is 1. The van der Waals surface area contributed by atoms with Crippen LogP contribution in [0, 0.1) is 10.1 Å². The Balaban J connectivity index is 1.92. The summed E-state index contributed by atoms with van der Waals surface area (Å²) in [6.45, 7) is 0. The van der Waals surface area contributed by atoms with E-state index in [1.54, 1.807) is 48.6 Å². The number of hydrogen-bond donors (Lipinski definition) is 1. The summed E-state index contributed by atoms with van der Waals surface area (Å²) in [6.07, 6.45) is 4.74. The topological polar surface area (TPSA) is 93.8 Å². The Morgan fingerprint density at radius 1 is 1.21 bits per heavy atom. The number of nitrogens with zero attached hydrogens (tertiary/aromatic N) is 2. The van der Waals surface area contributed by atoms with Gasteiger partial charge in [0.05, 0.1) is 17.6 Å². The van der Waals surface area contributed by atoms with Crippen LogP contribution in [0.1, 0.15) is 15.9 Å². The van der Waals surface area contributed by atoms with Gasteiger partial charge >= 0.3 is 0 Å². The van der Waals surface area contributed by atoms with Gasteiger partial charge in [-0.1, -0.05) is 18.2 Å². The van der Waals surface area contributed by atoms with Gasteiger partial charge in [-0.15, -0.1) is 0 Å². The van der Waals surface area contributed by atoms with E-state index >= 15 is 0 Å². The van der Waals surface area contributed by atoms with Crippen LogP contribution in [0.25, 0.3) is 6.08 Å². The van der Waals surface area contributed by atoms with E-state index in [9.17, 15) is 14.9 Å². The van der Waals surface area contributed by atoms with Gasteiger partial charge in [-0.05, 0) is 35.9 Å². The minimum atomic E-state index is -0.456. The lowest BCUT2D eigenvalue weighted by atomic mass is 10.2. The van der Waals surface area contributed by atoms with Crippen molar-refractivity contribution in [2.75, 3.05) is 7.11 Å². The van der Waals surface area contributed by atoms with Gasteiger partial charge in [-0.3, -0.25) is 14.9 Å². The largest absolute Gasteiger partial charge is 0.496 e. The van der Waals surface area contributed by atoms with Crippen LogP contribution in [0.4, 0.5) is 5.69 Å². The predicted molar refractivity (Wildman–Crippen MR) is 91.1 cm³/mol. The van der Waals surface area contributed by atoms with E-state index in [0.717, 1.165) is 5.56 Å². The van der Waals surface area contributed by atoms with Crippen molar-refractivity contribution in [1.29, 1.82) is 0 Å². The van der Waals surface area contributed by atoms with Crippen molar-refractivity contribution in [1.82, 2.24) is 5.43 Å². The Bertz CT molecular complexity index is 783. The lowest BCUT2D eigenvalue weighted by molar-refractivity contribution is -0.384. The number of nitrogens with one attached hydrogen (secondary N) is 1. The van der Waals surface area contributed by atoms with E-state index in [-0.39, 0.29) is 11.6 Å². The van der Waals surface area contributed by atoms with E-state index in [0.29, 0.717) is 11.3 Å². The molecule has 0 spiro atoms. The summed E-state index contributed by atoms with van der Waals surface area (Å²) in [5.74, 6) is 0.0825. The molecule has 0 heterocycles. The number of non-ortho nitro benzene ring substituents is 1. The zero-order valence-electron chi connectivity index (χ0n) is 12.9. The van der Waals surface area contributed by atoms with Gasteiger partial charge in [0.2, 0.25) is 0 Å². The molecule has 0 unspecified atom stereocenters. The van der Waals surface area contributed by atoms with Gasteiger partial charge in [0.1, 0.15) is 5.75 Å². The average molecular weight is 325 g/mol. The van der Waals surface area contributed by atoms with Crippen molar-refractivity contribution >= 4 is 23.9 Å². The van der Waals surface area contributed by atoms with Crippen LogP contribution in [0.2, 0.25) is 0 Å². The first-order chi connectivity index (χ1) is 11.6. The first kappa shape index (κ1) is 16.9. The van der Waals surface area contributed by atoms with Crippen molar-refractivity contribution in [3.63, 3.8) is 0 Å². The molecular weight excluding hydrogens is 310 g/mol. The Morgan fingerprint density at radius 2 is 1.92 bits per heavy atom. The molecule has 0 saturated carbocycles. The highest BCUT2D eigenvalue weighted by molar-refractivity contribution is 5.97. The van der Waals surface area contributed by atoms with Crippen LogP contribution in [-0.2, 0) is 0 Å². The van der Waals surface area contributed by atoms with Gasteiger partial charge < -0.3 is 4.74 Å². The summed E-state index contributed by atoms with van der Waals surface area (Å²) < 4.78 is 5.10. The van der Waals surface area contributed by atoms with E-state index in [4.69, 9.17) is 4.74 Å². The fourth-order valence-corrected chi connectivity index (χ4v) is 1.89. The molecule has 2 aromatic rings. The standard InChI is InChI=1S/C17H15N3O4/c1-24-16-7-3-2-6-15(16)17(21)19-18-12-4-5-13-8-10-14(11-9-13)20(22)23/h2-12H,1H3,(H,19,21)/b5-4+,18-12+. The zero-order valence-corrected chi connectivity index (χ0v) is 12.9. The zero-order chi connectivity index (χ0) is 17.4. The van der Waals surface area contributed by atoms with E-state index in [2.05, 4.69) is 10.5 Å². The smallest absolute Gasteiger partial charge is 0.275 e. The molecule has 1 N–H and O–H groups in total. The van der Waals surface area contributed by atoms with Crippen molar-refractivity contribution in [2.45, 2.75) is 0 Å². The quantitative estimate of drug-likeness (QED) is 0.502. The van der Waals surface area contributed by atoms with Crippen molar-refractivity contribution < 1.29 is 14.5 Å². The molecule has 0 aliphatic heterocycles. The molecule has 7 nitrogen and oxygen atoms in total. The maximum atomic E-state index is 12.0. The number of carbonyl (C=O) groups excluding carboxylic acids is 1. The Hall–Kier alpha value is -3.48. The van der Waals surface area contributed by atoms with Gasteiger partial charge in [0, 0.05) is 18.3 Å². The molecule has 2 aromatic carbocycles. The van der Waals surface area contributed by atoms with Crippen molar-refractivity contribution in [2.24, 2.45) is 5.10 Å². The van der Waals surface area contributed by atoms with Crippen LogP contribution in [-0.4, -0.2) is 24.2 Å². The molecule has 1 amide bonds. The summed E-state index contributed by atoms with van der Waals surface area (Å²) in [7, 11) is 1.49. The SMILES string of the molecule is COc1ccccc1C(=O)N/N=C/C=C/c1ccc([N+](=O)[O-])cc1. The number of para-hydroxylation sites is 1. The molecular formula is C17H15N3O4. The fraction of sp³-hybridized carbons (Fsp3) is 0.0588. The van der Waals surface area contributed by atoms with Gasteiger partial charge in [0.25, 0.3) is 11.6 Å². The summed E-state index contributed by atoms with van der Waals surface area (Å²) >= 11 is 0. The second-order valence-corrected chi connectivity index (χ2v) is 4.63. The summed E-state index contributed by atoms with van der Waals surface area (Å²) in [5, 5.41) is 14.4. The molecule has 0 radical (unpaired) electrons. The van der Waals surface area contributed by atoms with Crippen molar-refractivity contribution in [3.8, 4) is 5.75 Å². The third kappa shape index (κ3) is 4.51. The van der Waals surface area contributed by atoms with Crippen LogP contribution < -0.4 is 10.2 Å². The Morgan fingerprint density at radius 3 is 2.58 bits per heavy atom. The lowest BCUT2D eigenvalue weighted by Gasteiger charge is -2.05. The second-order valence-electron chi connectivity index (χ2n) is 4.63. The molecule has 0 fully saturated rings. The number of methoxy groups -OCH3 is 1. The van der Waals surface area contributed by atoms with Crippen LogP contribution in [0.3, 0.4) is 0 Å². The van der Waals surface area contributed by atoms with Gasteiger partial charge in [0.15, 0.2) is 0 Å². The molecule has 2 rings (SSSR count). The highest BCUT2D eigenvalue weighted by Gasteiger charge is 2.09. The van der Waals surface area contributed by atoms with Gasteiger partial charge in [-0.2, -0.15) is 5.10 Å². The summed E-state index contributed by atoms with van der Waals surface area (Å²) in [6, 6.07) is 12.9. The highest BCUT2D eigenvalue weighted by Crippen LogP contribution is 2.16. The number of nitro benzene ring substituents is 1. The maximum absolute atomic E-state index is 12.0. The molecule has 7 heteroatoms. The number of amides is 1. The Labute approximate surface area is 138 Å². The first-order valence-electron chi connectivity index (χ1n) is 6.99. The van der Waals surface area contributed by atoms with Crippen LogP contribution in [0.5, 0.6) is 5.75 Å². The molecule has 0 aliphatic rings. The van der Waals surface area contributed by atoms with E-state index in [1.807, 2.05) is 0 Å².